The Morgan fingerprint density at radius 2 is 2.04 bits per heavy atom. The van der Waals surface area contributed by atoms with Crippen LogP contribution in [0.1, 0.15) is 4.88 Å². The van der Waals surface area contributed by atoms with Gasteiger partial charge in [0.25, 0.3) is 0 Å². The van der Waals surface area contributed by atoms with Gasteiger partial charge >= 0.3 is 0 Å². The highest BCUT2D eigenvalue weighted by Crippen LogP contribution is 2.26. The summed E-state index contributed by atoms with van der Waals surface area (Å²) in [4.78, 5) is 17.4. The van der Waals surface area contributed by atoms with Crippen molar-refractivity contribution in [1.29, 1.82) is 0 Å². The minimum atomic E-state index is -0.186. The number of nitrogens with one attached hydrogen (secondary N) is 1. The zero-order valence-corrected chi connectivity index (χ0v) is 14.0. The number of aromatic nitrogens is 1. The minimum absolute atomic E-state index is 0.186. The number of benzene rings is 1. The molecule has 0 fully saturated rings. The Balaban J connectivity index is 1.65. The van der Waals surface area contributed by atoms with Gasteiger partial charge in [0, 0.05) is 21.9 Å². The number of ether oxygens (including phenoxy) is 1. The van der Waals surface area contributed by atoms with Crippen molar-refractivity contribution in [3.63, 3.8) is 0 Å². The molecule has 6 heteroatoms. The zero-order chi connectivity index (χ0) is 16.1. The SMILES string of the molecule is COc1ccc(-c2csc(NC(=O)C=Cc3cccs3)n2)cc1. The van der Waals surface area contributed by atoms with Gasteiger partial charge in [-0.3, -0.25) is 10.1 Å². The van der Waals surface area contributed by atoms with Crippen LogP contribution in [0.15, 0.2) is 53.2 Å². The highest BCUT2D eigenvalue weighted by Gasteiger charge is 2.06. The van der Waals surface area contributed by atoms with E-state index in [1.165, 1.54) is 17.4 Å². The predicted molar refractivity (Wildman–Crippen MR) is 96.1 cm³/mol. The molecule has 1 N–H and O–H groups in total. The second-order valence-corrected chi connectivity index (χ2v) is 6.44. The Kier molecular flexibility index (Phi) is 4.85. The number of methoxy groups -OCH3 is 1. The van der Waals surface area contributed by atoms with Crippen molar-refractivity contribution in [3.05, 3.63) is 58.1 Å². The van der Waals surface area contributed by atoms with E-state index in [1.807, 2.05) is 47.2 Å². The molecule has 0 atom stereocenters. The predicted octanol–water partition coefficient (Wildman–Crippen LogP) is 4.53. The summed E-state index contributed by atoms with van der Waals surface area (Å²) >= 11 is 2.99. The van der Waals surface area contributed by atoms with Crippen LogP contribution >= 0.6 is 22.7 Å². The van der Waals surface area contributed by atoms with Gasteiger partial charge in [0.2, 0.25) is 5.91 Å². The summed E-state index contributed by atoms with van der Waals surface area (Å²) in [5.74, 6) is 0.616. The van der Waals surface area contributed by atoms with Gasteiger partial charge in [-0.05, 0) is 41.8 Å². The van der Waals surface area contributed by atoms with Crippen LogP contribution < -0.4 is 10.1 Å². The van der Waals surface area contributed by atoms with Crippen LogP contribution in [0.5, 0.6) is 5.75 Å². The van der Waals surface area contributed by atoms with Gasteiger partial charge in [-0.1, -0.05) is 6.07 Å². The summed E-state index contributed by atoms with van der Waals surface area (Å²) in [6.45, 7) is 0. The maximum absolute atomic E-state index is 11.9. The number of thiophene rings is 1. The van der Waals surface area contributed by atoms with Gasteiger partial charge in [0.15, 0.2) is 5.13 Å². The standard InChI is InChI=1S/C17H14N2O2S2/c1-21-13-6-4-12(5-7-13)15-11-23-17(18-15)19-16(20)9-8-14-3-2-10-22-14/h2-11H,1H3,(H,18,19,20). The largest absolute Gasteiger partial charge is 0.497 e. The molecule has 4 nitrogen and oxygen atoms in total. The Morgan fingerprint density at radius 1 is 1.22 bits per heavy atom. The molecule has 0 spiro atoms. The van der Waals surface area contributed by atoms with Crippen LogP contribution in [0.2, 0.25) is 0 Å². The molecule has 0 saturated carbocycles. The summed E-state index contributed by atoms with van der Waals surface area (Å²) in [7, 11) is 1.63. The molecule has 0 radical (unpaired) electrons. The molecule has 0 aliphatic rings. The average molecular weight is 342 g/mol. The monoisotopic (exact) mass is 342 g/mol. The minimum Gasteiger partial charge on any atom is -0.497 e. The number of anilines is 1. The molecule has 0 unspecified atom stereocenters. The van der Waals surface area contributed by atoms with E-state index in [1.54, 1.807) is 24.5 Å². The molecule has 0 saturated heterocycles. The molecule has 0 aliphatic heterocycles. The maximum atomic E-state index is 11.9. The Bertz CT molecular complexity index is 806. The van der Waals surface area contributed by atoms with Crippen molar-refractivity contribution >= 4 is 39.8 Å². The smallest absolute Gasteiger partial charge is 0.250 e. The molecule has 3 rings (SSSR count). The number of amides is 1. The second-order valence-electron chi connectivity index (χ2n) is 4.60. The number of hydrogen-bond acceptors (Lipinski definition) is 5. The molecular formula is C17H14N2O2S2. The lowest BCUT2D eigenvalue weighted by Gasteiger charge is -2.00. The van der Waals surface area contributed by atoms with E-state index in [9.17, 15) is 4.79 Å². The first-order chi connectivity index (χ1) is 11.2. The number of hydrogen-bond donors (Lipinski definition) is 1. The van der Waals surface area contributed by atoms with Gasteiger partial charge in [-0.15, -0.1) is 22.7 Å². The number of nitrogens with zero attached hydrogens (tertiary/aromatic N) is 1. The summed E-state index contributed by atoms with van der Waals surface area (Å²) in [5, 5.41) is 7.25. The molecule has 3 aromatic rings. The quantitative estimate of drug-likeness (QED) is 0.693. The van der Waals surface area contributed by atoms with Crippen molar-refractivity contribution in [2.75, 3.05) is 12.4 Å². The van der Waals surface area contributed by atoms with Gasteiger partial charge < -0.3 is 4.74 Å². The van der Waals surface area contributed by atoms with Crippen LogP contribution in [-0.2, 0) is 4.79 Å². The van der Waals surface area contributed by atoms with Crippen molar-refractivity contribution in [3.8, 4) is 17.0 Å². The van der Waals surface area contributed by atoms with Crippen LogP contribution in [0.25, 0.3) is 17.3 Å². The lowest BCUT2D eigenvalue weighted by atomic mass is 10.2. The molecule has 2 heterocycles. The zero-order valence-electron chi connectivity index (χ0n) is 12.4. The van der Waals surface area contributed by atoms with Crippen molar-refractivity contribution < 1.29 is 9.53 Å². The van der Waals surface area contributed by atoms with E-state index in [-0.39, 0.29) is 5.91 Å². The summed E-state index contributed by atoms with van der Waals surface area (Å²) in [6.07, 6.45) is 3.30. The first kappa shape index (κ1) is 15.5. The van der Waals surface area contributed by atoms with Gasteiger partial charge in [0.05, 0.1) is 12.8 Å². The first-order valence-electron chi connectivity index (χ1n) is 6.87. The van der Waals surface area contributed by atoms with Gasteiger partial charge in [0.1, 0.15) is 5.75 Å². The molecule has 1 amide bonds. The fourth-order valence-corrected chi connectivity index (χ4v) is 3.26. The Hall–Kier alpha value is -2.44. The van der Waals surface area contributed by atoms with E-state index in [0.29, 0.717) is 5.13 Å². The van der Waals surface area contributed by atoms with Crippen LogP contribution in [0.3, 0.4) is 0 Å². The number of carbonyl (C=O) groups excluding carboxylic acids is 1. The lowest BCUT2D eigenvalue weighted by Crippen LogP contribution is -2.07. The maximum Gasteiger partial charge on any atom is 0.250 e. The van der Waals surface area contributed by atoms with E-state index in [4.69, 9.17) is 4.74 Å². The third kappa shape index (κ3) is 4.06. The van der Waals surface area contributed by atoms with Crippen LogP contribution in [-0.4, -0.2) is 18.0 Å². The average Bonchev–Trinajstić information content (AvgIpc) is 3.25. The molecular weight excluding hydrogens is 328 g/mol. The third-order valence-electron chi connectivity index (χ3n) is 3.06. The highest BCUT2D eigenvalue weighted by molar-refractivity contribution is 7.14. The lowest BCUT2D eigenvalue weighted by molar-refractivity contribution is -0.111. The number of rotatable bonds is 5. The van der Waals surface area contributed by atoms with Crippen molar-refractivity contribution in [2.24, 2.45) is 0 Å². The summed E-state index contributed by atoms with van der Waals surface area (Å²) in [6, 6.07) is 11.6. The third-order valence-corrected chi connectivity index (χ3v) is 4.66. The molecule has 0 aliphatic carbocycles. The number of carbonyl (C=O) groups is 1. The van der Waals surface area contributed by atoms with E-state index in [0.717, 1.165) is 21.9 Å². The fourth-order valence-electron chi connectivity index (χ4n) is 1.92. The molecule has 0 bridgehead atoms. The number of thiazole rings is 1. The van der Waals surface area contributed by atoms with Gasteiger partial charge in [-0.2, -0.15) is 0 Å². The molecule has 1 aromatic carbocycles. The van der Waals surface area contributed by atoms with Gasteiger partial charge in [-0.25, -0.2) is 4.98 Å². The Morgan fingerprint density at radius 3 is 2.74 bits per heavy atom. The normalized spacial score (nSPS) is 10.8. The summed E-state index contributed by atoms with van der Waals surface area (Å²) < 4.78 is 5.14. The molecule has 2 aromatic heterocycles. The van der Waals surface area contributed by atoms with Crippen molar-refractivity contribution in [2.45, 2.75) is 0 Å². The summed E-state index contributed by atoms with van der Waals surface area (Å²) in [5.41, 5.74) is 1.81. The van der Waals surface area contributed by atoms with E-state index >= 15 is 0 Å². The van der Waals surface area contributed by atoms with Crippen LogP contribution in [0, 0.1) is 0 Å². The Labute approximate surface area is 142 Å². The molecule has 23 heavy (non-hydrogen) atoms. The molecule has 116 valence electrons. The topological polar surface area (TPSA) is 51.2 Å². The second kappa shape index (κ2) is 7.21. The van der Waals surface area contributed by atoms with E-state index in [2.05, 4.69) is 10.3 Å². The fraction of sp³-hybridized carbons (Fsp3) is 0.0588. The first-order valence-corrected chi connectivity index (χ1v) is 8.63. The van der Waals surface area contributed by atoms with E-state index < -0.39 is 0 Å². The highest BCUT2D eigenvalue weighted by atomic mass is 32.1. The van der Waals surface area contributed by atoms with Crippen LogP contribution in [0.4, 0.5) is 5.13 Å². The van der Waals surface area contributed by atoms with Crippen molar-refractivity contribution in [1.82, 2.24) is 4.98 Å².